The normalized spacial score (nSPS) is 23.5. The van der Waals surface area contributed by atoms with E-state index >= 15 is 0 Å². The van der Waals surface area contributed by atoms with Crippen LogP contribution in [0.3, 0.4) is 0 Å². The highest BCUT2D eigenvalue weighted by Gasteiger charge is 2.51. The van der Waals surface area contributed by atoms with Gasteiger partial charge in [-0.25, -0.2) is 14.4 Å². The lowest BCUT2D eigenvalue weighted by molar-refractivity contribution is -0.150. The molecule has 3 atom stereocenters. The molecule has 164 valence electrons. The Balaban J connectivity index is 1.77. The van der Waals surface area contributed by atoms with Gasteiger partial charge in [0.2, 0.25) is 0 Å². The summed E-state index contributed by atoms with van der Waals surface area (Å²) in [7, 11) is 1.58. The maximum absolute atomic E-state index is 13.0. The van der Waals surface area contributed by atoms with Gasteiger partial charge in [0, 0.05) is 20.1 Å². The van der Waals surface area contributed by atoms with Crippen molar-refractivity contribution < 1.29 is 23.9 Å². The molecule has 2 heterocycles. The molecule has 1 aromatic carbocycles. The Morgan fingerprint density at radius 3 is 2.50 bits per heavy atom. The fourth-order valence-electron chi connectivity index (χ4n) is 4.16. The summed E-state index contributed by atoms with van der Waals surface area (Å²) in [4.78, 5) is 41.3. The molecule has 0 radical (unpaired) electrons. The summed E-state index contributed by atoms with van der Waals surface area (Å²) in [5.41, 5.74) is 0.193. The lowest BCUT2D eigenvalue weighted by atomic mass is 9.91. The number of amides is 3. The molecule has 0 unspecified atom stereocenters. The number of likely N-dealkylation sites (tertiary alicyclic amines) is 2. The number of hydrogen-bond acceptors (Lipinski definition) is 5. The molecule has 8 nitrogen and oxygen atoms in total. The monoisotopic (exact) mass is 417 g/mol. The molecule has 30 heavy (non-hydrogen) atoms. The van der Waals surface area contributed by atoms with Crippen LogP contribution in [0.25, 0.3) is 0 Å². The number of nitrogens with one attached hydrogen (secondary N) is 1. The van der Waals surface area contributed by atoms with E-state index < -0.39 is 23.7 Å². The van der Waals surface area contributed by atoms with Gasteiger partial charge in [-0.15, -0.1) is 0 Å². The maximum atomic E-state index is 13.0. The van der Waals surface area contributed by atoms with Gasteiger partial charge in [0.25, 0.3) is 0 Å². The van der Waals surface area contributed by atoms with Crippen molar-refractivity contribution in [2.75, 3.05) is 20.1 Å². The third-order valence-corrected chi connectivity index (χ3v) is 5.54. The highest BCUT2D eigenvalue weighted by molar-refractivity contribution is 5.83. The molecule has 2 aliphatic heterocycles. The fourth-order valence-corrected chi connectivity index (χ4v) is 4.16. The summed E-state index contributed by atoms with van der Waals surface area (Å²) < 4.78 is 11.1. The SMILES string of the molecule is CNC(=O)N1CC[C@H]2C[C@@H](C(=O)OCc3ccccc3)N(C(=O)OC(C)(C)C)[C@H]2C1. The van der Waals surface area contributed by atoms with Crippen molar-refractivity contribution in [3.8, 4) is 0 Å². The number of nitrogens with zero attached hydrogens (tertiary/aromatic N) is 2. The highest BCUT2D eigenvalue weighted by atomic mass is 16.6. The Kier molecular flexibility index (Phi) is 6.53. The van der Waals surface area contributed by atoms with Crippen molar-refractivity contribution in [1.82, 2.24) is 15.1 Å². The average molecular weight is 418 g/mol. The van der Waals surface area contributed by atoms with Crippen LogP contribution in [-0.4, -0.2) is 65.7 Å². The van der Waals surface area contributed by atoms with E-state index in [-0.39, 0.29) is 24.6 Å². The van der Waals surface area contributed by atoms with Crippen molar-refractivity contribution in [1.29, 1.82) is 0 Å². The number of rotatable bonds is 3. The Bertz CT molecular complexity index is 777. The first kappa shape index (κ1) is 21.9. The maximum Gasteiger partial charge on any atom is 0.411 e. The second kappa shape index (κ2) is 8.93. The molecule has 0 bridgehead atoms. The Morgan fingerprint density at radius 1 is 1.17 bits per heavy atom. The van der Waals surface area contributed by atoms with Crippen LogP contribution in [0.5, 0.6) is 0 Å². The zero-order valence-electron chi connectivity index (χ0n) is 18.1. The Hall–Kier alpha value is -2.77. The van der Waals surface area contributed by atoms with Gasteiger partial charge in [-0.3, -0.25) is 4.90 Å². The molecule has 0 saturated carbocycles. The van der Waals surface area contributed by atoms with Crippen molar-refractivity contribution in [3.05, 3.63) is 35.9 Å². The lowest BCUT2D eigenvalue weighted by Crippen LogP contribution is -2.56. The van der Waals surface area contributed by atoms with E-state index in [1.807, 2.05) is 30.3 Å². The molecule has 1 aromatic rings. The van der Waals surface area contributed by atoms with Gasteiger partial charge in [0.1, 0.15) is 18.2 Å². The van der Waals surface area contributed by atoms with Crippen LogP contribution in [0.15, 0.2) is 30.3 Å². The highest BCUT2D eigenvalue weighted by Crippen LogP contribution is 2.37. The molecule has 3 amide bonds. The van der Waals surface area contributed by atoms with Gasteiger partial charge in [-0.05, 0) is 45.1 Å². The van der Waals surface area contributed by atoms with Crippen LogP contribution in [0.2, 0.25) is 0 Å². The van der Waals surface area contributed by atoms with Crippen LogP contribution < -0.4 is 5.32 Å². The molecular weight excluding hydrogens is 386 g/mol. The number of carbonyl (C=O) groups excluding carboxylic acids is 3. The quantitative estimate of drug-likeness (QED) is 0.764. The van der Waals surface area contributed by atoms with Gasteiger partial charge >= 0.3 is 18.1 Å². The number of hydrogen-bond donors (Lipinski definition) is 1. The summed E-state index contributed by atoms with van der Waals surface area (Å²) in [5.74, 6) is -0.321. The molecule has 3 rings (SSSR count). The summed E-state index contributed by atoms with van der Waals surface area (Å²) in [6.07, 6.45) is 0.689. The molecule has 8 heteroatoms. The van der Waals surface area contributed by atoms with E-state index in [1.54, 1.807) is 32.7 Å². The van der Waals surface area contributed by atoms with Gasteiger partial charge in [0.05, 0.1) is 6.04 Å². The number of carbonyl (C=O) groups is 3. The van der Waals surface area contributed by atoms with Gasteiger partial charge < -0.3 is 19.7 Å². The molecule has 2 fully saturated rings. The summed E-state index contributed by atoms with van der Waals surface area (Å²) in [6.45, 7) is 6.48. The number of benzene rings is 1. The molecule has 2 saturated heterocycles. The van der Waals surface area contributed by atoms with E-state index in [2.05, 4.69) is 5.32 Å². The van der Waals surface area contributed by atoms with E-state index in [4.69, 9.17) is 9.47 Å². The minimum absolute atomic E-state index is 0.118. The molecule has 2 aliphatic rings. The largest absolute Gasteiger partial charge is 0.459 e. The van der Waals surface area contributed by atoms with Crippen LogP contribution in [0, 0.1) is 5.92 Å². The van der Waals surface area contributed by atoms with Crippen LogP contribution in [-0.2, 0) is 20.9 Å². The molecule has 1 N–H and O–H groups in total. The molecular formula is C22H31N3O5. The molecule has 0 aliphatic carbocycles. The van der Waals surface area contributed by atoms with E-state index in [9.17, 15) is 14.4 Å². The lowest BCUT2D eigenvalue weighted by Gasteiger charge is -2.39. The minimum atomic E-state index is -0.719. The third kappa shape index (κ3) is 5.04. The standard InChI is InChI=1S/C22H31N3O5/c1-22(2,3)30-21(28)25-17(19(26)29-14-15-8-6-5-7-9-15)12-16-10-11-24(13-18(16)25)20(27)23-4/h5-9,16-18H,10-14H2,1-4H3,(H,23,27)/t16-,17-,18-/m0/s1. The fraction of sp³-hybridized carbons (Fsp3) is 0.591. The van der Waals surface area contributed by atoms with E-state index in [0.717, 1.165) is 12.0 Å². The van der Waals surface area contributed by atoms with E-state index in [0.29, 0.717) is 19.5 Å². The van der Waals surface area contributed by atoms with Crippen molar-refractivity contribution in [3.63, 3.8) is 0 Å². The third-order valence-electron chi connectivity index (χ3n) is 5.54. The minimum Gasteiger partial charge on any atom is -0.459 e. The Morgan fingerprint density at radius 2 is 1.87 bits per heavy atom. The van der Waals surface area contributed by atoms with Gasteiger partial charge in [-0.2, -0.15) is 0 Å². The zero-order valence-corrected chi connectivity index (χ0v) is 18.1. The van der Waals surface area contributed by atoms with Crippen molar-refractivity contribution >= 4 is 18.1 Å². The van der Waals surface area contributed by atoms with Crippen LogP contribution in [0.1, 0.15) is 39.2 Å². The number of urea groups is 1. The van der Waals surface area contributed by atoms with Gasteiger partial charge in [0.15, 0.2) is 0 Å². The Labute approximate surface area is 177 Å². The summed E-state index contributed by atoms with van der Waals surface area (Å²) in [5, 5.41) is 2.63. The zero-order chi connectivity index (χ0) is 21.9. The summed E-state index contributed by atoms with van der Waals surface area (Å²) in [6, 6.07) is 8.25. The van der Waals surface area contributed by atoms with Gasteiger partial charge in [-0.1, -0.05) is 30.3 Å². The first-order valence-electron chi connectivity index (χ1n) is 10.4. The first-order chi connectivity index (χ1) is 14.2. The first-order valence-corrected chi connectivity index (χ1v) is 10.4. The molecule has 0 spiro atoms. The van der Waals surface area contributed by atoms with Crippen molar-refractivity contribution in [2.45, 2.75) is 57.9 Å². The topological polar surface area (TPSA) is 88.2 Å². The second-order valence-corrected chi connectivity index (χ2v) is 8.85. The predicted molar refractivity (Wildman–Crippen MR) is 111 cm³/mol. The van der Waals surface area contributed by atoms with E-state index in [1.165, 1.54) is 4.90 Å². The second-order valence-electron chi connectivity index (χ2n) is 8.85. The van der Waals surface area contributed by atoms with Crippen molar-refractivity contribution in [2.24, 2.45) is 5.92 Å². The number of piperidine rings is 1. The number of fused-ring (bicyclic) bond motifs is 1. The average Bonchev–Trinajstić information content (AvgIpc) is 3.10. The summed E-state index contributed by atoms with van der Waals surface area (Å²) >= 11 is 0. The number of ether oxygens (including phenoxy) is 2. The smallest absolute Gasteiger partial charge is 0.411 e. The molecule has 0 aromatic heterocycles. The van der Waals surface area contributed by atoms with Crippen LogP contribution in [0.4, 0.5) is 9.59 Å². The predicted octanol–water partition coefficient (Wildman–Crippen LogP) is 2.77. The number of esters is 1. The van der Waals surface area contributed by atoms with Crippen LogP contribution >= 0.6 is 0 Å².